The molecule has 2 radical (unpaired) electrons. The molecule has 0 aromatic rings. The molecule has 0 aliphatic heterocycles. The molecule has 0 amide bonds. The first-order chi connectivity index (χ1) is 12.0. The number of esters is 1. The van der Waals surface area contributed by atoms with Crippen LogP contribution >= 0.6 is 31.9 Å². The maximum Gasteiger partial charge on any atom is 0.333 e. The molecule has 146 valence electrons. The minimum absolute atomic E-state index is 0.258. The summed E-state index contributed by atoms with van der Waals surface area (Å²) in [5.74, 6) is -0.258. The van der Waals surface area contributed by atoms with E-state index in [4.69, 9.17) is 4.74 Å². The molecule has 0 unspecified atom stereocenters. The van der Waals surface area contributed by atoms with Gasteiger partial charge in [-0.15, -0.1) is 0 Å². The Morgan fingerprint density at radius 2 is 1.24 bits per heavy atom. The highest BCUT2D eigenvalue weighted by molar-refractivity contribution is 9.25. The van der Waals surface area contributed by atoms with Crippen molar-refractivity contribution in [3.63, 3.8) is 0 Å². The zero-order valence-corrected chi connectivity index (χ0v) is 20.1. The lowest BCUT2D eigenvalue weighted by Gasteiger charge is -2.05. The second-order valence-electron chi connectivity index (χ2n) is 6.77. The van der Waals surface area contributed by atoms with Crippen LogP contribution in [0.4, 0.5) is 0 Å². The number of rotatable bonds is 18. The fourth-order valence-corrected chi connectivity index (χ4v) is 4.72. The molecule has 0 N–H and O–H groups in total. The Bertz CT molecular complexity index is 336. The van der Waals surface area contributed by atoms with Crippen LogP contribution in [0.5, 0.6) is 0 Å². The van der Waals surface area contributed by atoms with Crippen molar-refractivity contribution in [1.82, 2.24) is 0 Å². The number of hydrogen-bond acceptors (Lipinski definition) is 2. The molecule has 0 aliphatic rings. The summed E-state index contributed by atoms with van der Waals surface area (Å²) in [5, 5.41) is 0. The Morgan fingerprint density at radius 1 is 0.840 bits per heavy atom. The first-order valence-corrected chi connectivity index (χ1v) is 13.0. The molecule has 0 heterocycles. The highest BCUT2D eigenvalue weighted by Crippen LogP contribution is 2.14. The van der Waals surface area contributed by atoms with E-state index in [1.165, 1.54) is 76.7 Å². The molecule has 0 aromatic carbocycles. The Balaban J connectivity index is 3.07. The van der Waals surface area contributed by atoms with Crippen molar-refractivity contribution in [2.45, 2.75) is 99.8 Å². The molecule has 2 nitrogen and oxygen atoms in total. The highest BCUT2D eigenvalue weighted by atomic mass is 79.9. The molecule has 0 aliphatic carbocycles. The van der Waals surface area contributed by atoms with Crippen LogP contribution in [0.25, 0.3) is 0 Å². The monoisotopic (exact) mass is 494 g/mol. The molecule has 0 saturated carbocycles. The Morgan fingerprint density at radius 3 is 1.64 bits per heavy atom. The number of unbranched alkanes of at least 4 members (excludes halogenated alkanes) is 12. The van der Waals surface area contributed by atoms with E-state index in [2.05, 4.69) is 38.4 Å². The molecule has 5 heteroatoms. The van der Waals surface area contributed by atoms with Gasteiger partial charge in [-0.1, -0.05) is 122 Å². The molecule has 0 spiro atoms. The normalized spacial score (nSPS) is 11.0. The van der Waals surface area contributed by atoms with E-state index in [0.717, 1.165) is 22.4 Å². The Hall–Kier alpha value is 0.387. The van der Waals surface area contributed by atoms with Gasteiger partial charge in [0, 0.05) is 5.57 Å². The van der Waals surface area contributed by atoms with Crippen LogP contribution in [0.15, 0.2) is 12.2 Å². The van der Waals surface area contributed by atoms with Gasteiger partial charge in [0.05, 0.1) is 19.5 Å². The van der Waals surface area contributed by atoms with Gasteiger partial charge in [0.2, 0.25) is 0 Å². The molecule has 0 saturated heterocycles. The average molecular weight is 496 g/mol. The number of halogens is 2. The lowest BCUT2D eigenvalue weighted by Crippen LogP contribution is -2.05. The lowest BCUT2D eigenvalue weighted by atomic mass is 10.0. The van der Waals surface area contributed by atoms with Crippen LogP contribution in [0.3, 0.4) is 0 Å². The molecule has 0 rings (SSSR count). The largest absolute Gasteiger partial charge is 0.462 e. The van der Waals surface area contributed by atoms with E-state index in [-0.39, 0.29) is 5.97 Å². The highest BCUT2D eigenvalue weighted by Gasteiger charge is 2.02. The molecule has 0 atom stereocenters. The Kier molecular flexibility index (Phi) is 19.5. The zero-order chi connectivity index (χ0) is 18.8. The van der Waals surface area contributed by atoms with Crippen LogP contribution in [0, 0.1) is 0 Å². The van der Waals surface area contributed by atoms with Crippen molar-refractivity contribution in [3.05, 3.63) is 12.2 Å². The topological polar surface area (TPSA) is 26.3 Å². The quantitative estimate of drug-likeness (QED) is 0.0651. The predicted octanol–water partition coefficient (Wildman–Crippen LogP) is 7.37. The number of carbonyl (C=O) groups excluding carboxylic acids is 1. The summed E-state index contributed by atoms with van der Waals surface area (Å²) in [7, 11) is 1.01. The first kappa shape index (κ1) is 25.4. The zero-order valence-electron chi connectivity index (χ0n) is 16.0. The fourth-order valence-electron chi connectivity index (χ4n) is 2.67. The third kappa shape index (κ3) is 20.6. The van der Waals surface area contributed by atoms with Crippen LogP contribution in [-0.4, -0.2) is 25.5 Å². The first-order valence-electron chi connectivity index (χ1n) is 9.88. The van der Waals surface area contributed by atoms with Gasteiger partial charge >= 0.3 is 5.97 Å². The maximum atomic E-state index is 11.2. The summed E-state index contributed by atoms with van der Waals surface area (Å²) >= 11 is 7.07. The fraction of sp³-hybridized carbons (Fsp3) is 0.850. The van der Waals surface area contributed by atoms with E-state index in [0.29, 0.717) is 15.5 Å². The summed E-state index contributed by atoms with van der Waals surface area (Å²) in [4.78, 5) is 11.2. The summed E-state index contributed by atoms with van der Waals surface area (Å²) < 4.78 is 5.61. The lowest BCUT2D eigenvalue weighted by molar-refractivity contribution is -0.139. The molecule has 0 bridgehead atoms. The van der Waals surface area contributed by atoms with E-state index in [1.54, 1.807) is 6.92 Å². The molecule has 0 fully saturated rings. The number of hydrogen-bond donors (Lipinski definition) is 0. The number of ether oxygens (including phenoxy) is 1. The van der Waals surface area contributed by atoms with Crippen molar-refractivity contribution in [1.29, 1.82) is 0 Å². The number of carbonyl (C=O) groups is 1. The van der Waals surface area contributed by atoms with E-state index in [9.17, 15) is 4.79 Å². The van der Waals surface area contributed by atoms with Gasteiger partial charge in [-0.25, -0.2) is 4.79 Å². The summed E-state index contributed by atoms with van der Waals surface area (Å²) in [6, 6.07) is 1.36. The third-order valence-corrected chi connectivity index (χ3v) is 7.09. The van der Waals surface area contributed by atoms with Gasteiger partial charge < -0.3 is 4.74 Å². The van der Waals surface area contributed by atoms with Crippen molar-refractivity contribution < 1.29 is 9.53 Å². The molecular weight excluding hydrogens is 460 g/mol. The van der Waals surface area contributed by atoms with Crippen molar-refractivity contribution in [2.75, 3.05) is 6.61 Å². The molecule has 25 heavy (non-hydrogen) atoms. The second-order valence-corrected chi connectivity index (χ2v) is 13.0. The van der Waals surface area contributed by atoms with Crippen molar-refractivity contribution in [3.8, 4) is 0 Å². The maximum absolute atomic E-state index is 11.2. The van der Waals surface area contributed by atoms with Gasteiger partial charge in [0.1, 0.15) is 0 Å². The van der Waals surface area contributed by atoms with Crippen LogP contribution < -0.4 is 0 Å². The van der Waals surface area contributed by atoms with Gasteiger partial charge in [-0.05, 0) is 13.3 Å². The van der Waals surface area contributed by atoms with Crippen molar-refractivity contribution in [2.24, 2.45) is 0 Å². The third-order valence-electron chi connectivity index (χ3n) is 4.20. The smallest absolute Gasteiger partial charge is 0.333 e. The minimum Gasteiger partial charge on any atom is -0.462 e. The van der Waals surface area contributed by atoms with Crippen LogP contribution in [0.2, 0.25) is 6.04 Å². The van der Waals surface area contributed by atoms with Crippen molar-refractivity contribution >= 4 is 47.3 Å². The van der Waals surface area contributed by atoms with E-state index >= 15 is 0 Å². The molecule has 0 aromatic heterocycles. The van der Waals surface area contributed by atoms with Gasteiger partial charge in [0.15, 0.2) is 0 Å². The van der Waals surface area contributed by atoms with E-state index < -0.39 is 0 Å². The SMILES string of the molecule is C=C(C)C(=O)OCCCCCCCCCCCCCCC[Si]C(Br)Br. The van der Waals surface area contributed by atoms with Gasteiger partial charge in [-0.2, -0.15) is 0 Å². The summed E-state index contributed by atoms with van der Waals surface area (Å²) in [6.45, 7) is 5.80. The second kappa shape index (κ2) is 19.2. The standard InChI is InChI=1S/C20H36Br2O2Si/c1-18(2)19(23)24-16-14-12-10-8-6-4-3-5-7-9-11-13-15-17-25-20(21)22/h20H,1,3-17H2,2H3. The molecular formula is C20H36Br2O2Si. The van der Waals surface area contributed by atoms with Crippen LogP contribution in [0.1, 0.15) is 90.4 Å². The predicted molar refractivity (Wildman–Crippen MR) is 118 cm³/mol. The summed E-state index contributed by atoms with van der Waals surface area (Å²) in [6.07, 6.45) is 17.3. The van der Waals surface area contributed by atoms with E-state index in [1.807, 2.05) is 0 Å². The summed E-state index contributed by atoms with van der Waals surface area (Å²) in [5.41, 5.74) is 0.489. The van der Waals surface area contributed by atoms with Gasteiger partial charge in [0.25, 0.3) is 0 Å². The van der Waals surface area contributed by atoms with Gasteiger partial charge in [-0.3, -0.25) is 0 Å². The Labute approximate surface area is 175 Å². The number of alkyl halides is 2. The minimum atomic E-state index is -0.258. The average Bonchev–Trinajstić information content (AvgIpc) is 2.57. The van der Waals surface area contributed by atoms with Crippen LogP contribution in [-0.2, 0) is 9.53 Å².